The molecule has 0 aromatic heterocycles. The van der Waals surface area contributed by atoms with E-state index in [-0.39, 0.29) is 11.9 Å². The number of carbonyl (C=O) groups excluding carboxylic acids is 1. The van der Waals surface area contributed by atoms with E-state index >= 15 is 0 Å². The van der Waals surface area contributed by atoms with Gasteiger partial charge in [0.2, 0.25) is 0 Å². The molecule has 0 aliphatic carbocycles. The number of nitrogens with one attached hydrogen (secondary N) is 1. The van der Waals surface area contributed by atoms with E-state index in [0.717, 1.165) is 23.5 Å². The zero-order valence-corrected chi connectivity index (χ0v) is 14.0. The van der Waals surface area contributed by atoms with Gasteiger partial charge in [-0.25, -0.2) is 0 Å². The van der Waals surface area contributed by atoms with E-state index in [1.165, 1.54) is 11.1 Å². The largest absolute Gasteiger partial charge is 0.350 e. The first kappa shape index (κ1) is 16.6. The Balaban J connectivity index is 1.83. The summed E-state index contributed by atoms with van der Waals surface area (Å²) in [5.41, 5.74) is 3.33. The maximum atomic E-state index is 12.0. The van der Waals surface area contributed by atoms with Crippen molar-refractivity contribution < 1.29 is 4.79 Å². The predicted octanol–water partition coefficient (Wildman–Crippen LogP) is 4.65. The SMILES string of the molecule is CC[C@H](C)NC(=O)c1ccc(CSCc2ccccc2)cc1. The molecule has 116 valence electrons. The molecule has 22 heavy (non-hydrogen) atoms. The second kappa shape index (κ2) is 8.64. The molecule has 1 atom stereocenters. The monoisotopic (exact) mass is 313 g/mol. The van der Waals surface area contributed by atoms with Gasteiger partial charge in [-0.3, -0.25) is 4.79 Å². The van der Waals surface area contributed by atoms with Crippen molar-refractivity contribution in [2.75, 3.05) is 0 Å². The summed E-state index contributed by atoms with van der Waals surface area (Å²) in [6.07, 6.45) is 0.944. The lowest BCUT2D eigenvalue weighted by atomic mass is 10.1. The van der Waals surface area contributed by atoms with E-state index in [9.17, 15) is 4.79 Å². The first-order chi connectivity index (χ1) is 10.7. The third kappa shape index (κ3) is 5.23. The van der Waals surface area contributed by atoms with Crippen LogP contribution in [0.25, 0.3) is 0 Å². The Kier molecular flexibility index (Phi) is 6.53. The van der Waals surface area contributed by atoms with Gasteiger partial charge in [-0.05, 0) is 36.6 Å². The van der Waals surface area contributed by atoms with E-state index in [2.05, 4.69) is 36.5 Å². The summed E-state index contributed by atoms with van der Waals surface area (Å²) in [7, 11) is 0. The summed E-state index contributed by atoms with van der Waals surface area (Å²) in [5, 5.41) is 2.99. The molecule has 0 aliphatic heterocycles. The van der Waals surface area contributed by atoms with Crippen LogP contribution in [0.4, 0.5) is 0 Å². The Bertz CT molecular complexity index is 580. The van der Waals surface area contributed by atoms with Gasteiger partial charge < -0.3 is 5.32 Å². The standard InChI is InChI=1S/C19H23NOS/c1-3-15(2)20-19(21)18-11-9-17(10-12-18)14-22-13-16-7-5-4-6-8-16/h4-12,15H,3,13-14H2,1-2H3,(H,20,21)/t15-/m0/s1. The van der Waals surface area contributed by atoms with Crippen molar-refractivity contribution in [2.24, 2.45) is 0 Å². The zero-order valence-electron chi connectivity index (χ0n) is 13.2. The van der Waals surface area contributed by atoms with Gasteiger partial charge in [-0.15, -0.1) is 0 Å². The van der Waals surface area contributed by atoms with E-state index in [1.54, 1.807) is 0 Å². The maximum Gasteiger partial charge on any atom is 0.251 e. The lowest BCUT2D eigenvalue weighted by molar-refractivity contribution is 0.0939. The van der Waals surface area contributed by atoms with Gasteiger partial charge in [-0.1, -0.05) is 49.4 Å². The predicted molar refractivity (Wildman–Crippen MR) is 95.1 cm³/mol. The lowest BCUT2D eigenvalue weighted by Crippen LogP contribution is -2.31. The number of hydrogen-bond acceptors (Lipinski definition) is 2. The van der Waals surface area contributed by atoms with Gasteiger partial charge in [0, 0.05) is 23.1 Å². The van der Waals surface area contributed by atoms with Crippen molar-refractivity contribution in [1.29, 1.82) is 0 Å². The van der Waals surface area contributed by atoms with Gasteiger partial charge in [-0.2, -0.15) is 11.8 Å². The summed E-state index contributed by atoms with van der Waals surface area (Å²) >= 11 is 1.89. The molecule has 0 fully saturated rings. The second-order valence-electron chi connectivity index (χ2n) is 5.46. The number of hydrogen-bond donors (Lipinski definition) is 1. The van der Waals surface area contributed by atoms with Gasteiger partial charge in [0.25, 0.3) is 5.91 Å². The molecule has 1 amide bonds. The van der Waals surface area contributed by atoms with E-state index < -0.39 is 0 Å². The highest BCUT2D eigenvalue weighted by atomic mass is 32.2. The smallest absolute Gasteiger partial charge is 0.251 e. The number of thioether (sulfide) groups is 1. The molecule has 2 nitrogen and oxygen atoms in total. The molecule has 0 heterocycles. The fourth-order valence-corrected chi connectivity index (χ4v) is 2.98. The van der Waals surface area contributed by atoms with Crippen molar-refractivity contribution in [2.45, 2.75) is 37.8 Å². The van der Waals surface area contributed by atoms with Crippen molar-refractivity contribution in [3.63, 3.8) is 0 Å². The molecular formula is C19H23NOS. The highest BCUT2D eigenvalue weighted by Gasteiger charge is 2.08. The van der Waals surface area contributed by atoms with Crippen LogP contribution in [0.15, 0.2) is 54.6 Å². The van der Waals surface area contributed by atoms with Crippen LogP contribution >= 0.6 is 11.8 Å². The topological polar surface area (TPSA) is 29.1 Å². The van der Waals surface area contributed by atoms with Crippen LogP contribution in [-0.2, 0) is 11.5 Å². The minimum atomic E-state index is 0.0119. The molecule has 2 aromatic carbocycles. The molecule has 3 heteroatoms. The average Bonchev–Trinajstić information content (AvgIpc) is 2.56. The number of rotatable bonds is 7. The Morgan fingerprint density at radius 1 is 1.00 bits per heavy atom. The zero-order chi connectivity index (χ0) is 15.8. The van der Waals surface area contributed by atoms with Crippen LogP contribution in [0, 0.1) is 0 Å². The molecule has 2 aromatic rings. The number of benzene rings is 2. The summed E-state index contributed by atoms with van der Waals surface area (Å²) in [5.74, 6) is 1.98. The maximum absolute atomic E-state index is 12.0. The molecule has 0 radical (unpaired) electrons. The lowest BCUT2D eigenvalue weighted by Gasteiger charge is -2.11. The minimum absolute atomic E-state index is 0.0119. The van der Waals surface area contributed by atoms with Crippen LogP contribution in [0.2, 0.25) is 0 Å². The highest BCUT2D eigenvalue weighted by molar-refractivity contribution is 7.97. The van der Waals surface area contributed by atoms with Gasteiger partial charge in [0.05, 0.1) is 0 Å². The van der Waals surface area contributed by atoms with Gasteiger partial charge >= 0.3 is 0 Å². The van der Waals surface area contributed by atoms with Gasteiger partial charge in [0.15, 0.2) is 0 Å². The molecule has 0 bridgehead atoms. The van der Waals surface area contributed by atoms with Crippen LogP contribution in [-0.4, -0.2) is 11.9 Å². The van der Waals surface area contributed by atoms with Crippen LogP contribution in [0.1, 0.15) is 41.8 Å². The van der Waals surface area contributed by atoms with Crippen LogP contribution < -0.4 is 5.32 Å². The normalized spacial score (nSPS) is 11.9. The molecule has 0 aliphatic rings. The quantitative estimate of drug-likeness (QED) is 0.806. The molecule has 2 rings (SSSR count). The fourth-order valence-electron chi connectivity index (χ4n) is 2.02. The van der Waals surface area contributed by atoms with Crippen LogP contribution in [0.5, 0.6) is 0 Å². The van der Waals surface area contributed by atoms with E-state index in [1.807, 2.05) is 49.0 Å². The molecule has 0 saturated carbocycles. The summed E-state index contributed by atoms with van der Waals surface area (Å²) in [6.45, 7) is 4.09. The summed E-state index contributed by atoms with van der Waals surface area (Å²) in [6, 6.07) is 18.6. The first-order valence-corrected chi connectivity index (χ1v) is 8.86. The van der Waals surface area contributed by atoms with Crippen molar-refractivity contribution >= 4 is 17.7 Å². The summed E-state index contributed by atoms with van der Waals surface area (Å²) in [4.78, 5) is 12.0. The average molecular weight is 313 g/mol. The highest BCUT2D eigenvalue weighted by Crippen LogP contribution is 2.18. The molecule has 0 saturated heterocycles. The van der Waals surface area contributed by atoms with Crippen molar-refractivity contribution in [3.8, 4) is 0 Å². The number of carbonyl (C=O) groups is 1. The Hall–Kier alpha value is -1.74. The minimum Gasteiger partial charge on any atom is -0.350 e. The van der Waals surface area contributed by atoms with Gasteiger partial charge in [0.1, 0.15) is 0 Å². The summed E-state index contributed by atoms with van der Waals surface area (Å²) < 4.78 is 0. The van der Waals surface area contributed by atoms with Crippen molar-refractivity contribution in [1.82, 2.24) is 5.32 Å². The molecule has 0 unspecified atom stereocenters. The fraction of sp³-hybridized carbons (Fsp3) is 0.316. The third-order valence-corrected chi connectivity index (χ3v) is 4.66. The third-order valence-electron chi connectivity index (χ3n) is 3.59. The molecule has 1 N–H and O–H groups in total. The van der Waals surface area contributed by atoms with E-state index in [4.69, 9.17) is 0 Å². The Labute approximate surface area is 137 Å². The Morgan fingerprint density at radius 3 is 2.18 bits per heavy atom. The first-order valence-electron chi connectivity index (χ1n) is 7.70. The van der Waals surface area contributed by atoms with Crippen LogP contribution in [0.3, 0.4) is 0 Å². The molecular weight excluding hydrogens is 290 g/mol. The van der Waals surface area contributed by atoms with E-state index in [0.29, 0.717) is 0 Å². The second-order valence-corrected chi connectivity index (χ2v) is 6.44. The number of amides is 1. The van der Waals surface area contributed by atoms with Crippen molar-refractivity contribution in [3.05, 3.63) is 71.3 Å². The molecule has 0 spiro atoms. The Morgan fingerprint density at radius 2 is 1.59 bits per heavy atom.